The quantitative estimate of drug-likeness (QED) is 0.798. The van der Waals surface area contributed by atoms with Crippen molar-refractivity contribution in [1.82, 2.24) is 9.97 Å². The third-order valence-electron chi connectivity index (χ3n) is 2.91. The number of hydrogen-bond acceptors (Lipinski definition) is 4. The molecule has 1 N–H and O–H groups in total. The van der Waals surface area contributed by atoms with Gasteiger partial charge in [-0.25, -0.2) is 9.97 Å². The molecule has 1 aromatic carbocycles. The van der Waals surface area contributed by atoms with Crippen LogP contribution in [0.2, 0.25) is 0 Å². The van der Waals surface area contributed by atoms with Gasteiger partial charge in [-0.15, -0.1) is 0 Å². The van der Waals surface area contributed by atoms with E-state index < -0.39 is 5.91 Å². The van der Waals surface area contributed by atoms with Crippen LogP contribution in [0.25, 0.3) is 11.3 Å². The molecule has 0 saturated heterocycles. The molecule has 0 unspecified atom stereocenters. The van der Waals surface area contributed by atoms with Gasteiger partial charge >= 0.3 is 5.91 Å². The van der Waals surface area contributed by atoms with Gasteiger partial charge in [-0.3, -0.25) is 4.79 Å². The molecule has 0 bridgehead atoms. The molecule has 0 saturated carbocycles. The van der Waals surface area contributed by atoms with Crippen LogP contribution in [0.15, 0.2) is 59.3 Å². The highest BCUT2D eigenvalue weighted by Gasteiger charge is 2.14. The van der Waals surface area contributed by atoms with Crippen LogP contribution in [0.3, 0.4) is 0 Å². The van der Waals surface area contributed by atoms with Crippen molar-refractivity contribution in [2.24, 2.45) is 0 Å². The Bertz CT molecular complexity index is 749. The zero-order valence-corrected chi connectivity index (χ0v) is 11.4. The first-order valence-electron chi connectivity index (χ1n) is 6.47. The minimum Gasteiger partial charge on any atom is -0.432 e. The third kappa shape index (κ3) is 2.97. The fraction of sp³-hybridized carbons (Fsp3) is 0.0625. The highest BCUT2D eigenvalue weighted by molar-refractivity contribution is 6.00. The molecule has 5 heteroatoms. The topological polar surface area (TPSA) is 68.0 Å². The largest absolute Gasteiger partial charge is 0.432 e. The SMILES string of the molecule is Cc1ccc(NC(=O)c2ncc(-c3ccccc3)o2)nc1. The molecule has 2 heterocycles. The Morgan fingerprint density at radius 1 is 1.05 bits per heavy atom. The number of aromatic nitrogens is 2. The normalized spacial score (nSPS) is 10.3. The average molecular weight is 279 g/mol. The van der Waals surface area contributed by atoms with Crippen LogP contribution in [0.1, 0.15) is 16.2 Å². The number of nitrogens with one attached hydrogen (secondary N) is 1. The zero-order valence-electron chi connectivity index (χ0n) is 11.4. The Morgan fingerprint density at radius 3 is 2.57 bits per heavy atom. The summed E-state index contributed by atoms with van der Waals surface area (Å²) in [5.41, 5.74) is 1.90. The van der Waals surface area contributed by atoms with Gasteiger partial charge in [-0.2, -0.15) is 0 Å². The van der Waals surface area contributed by atoms with E-state index in [1.165, 1.54) is 6.20 Å². The van der Waals surface area contributed by atoms with E-state index >= 15 is 0 Å². The molecule has 0 fully saturated rings. The van der Waals surface area contributed by atoms with E-state index in [1.54, 1.807) is 12.3 Å². The Kier molecular flexibility index (Phi) is 3.47. The van der Waals surface area contributed by atoms with Gasteiger partial charge in [0.15, 0.2) is 5.76 Å². The van der Waals surface area contributed by atoms with Crippen molar-refractivity contribution >= 4 is 11.7 Å². The molecule has 3 aromatic rings. The molecule has 1 amide bonds. The van der Waals surface area contributed by atoms with Crippen LogP contribution in [0.4, 0.5) is 5.82 Å². The van der Waals surface area contributed by atoms with E-state index in [2.05, 4.69) is 15.3 Å². The highest BCUT2D eigenvalue weighted by Crippen LogP contribution is 2.20. The van der Waals surface area contributed by atoms with Crippen LogP contribution in [-0.4, -0.2) is 15.9 Å². The van der Waals surface area contributed by atoms with Gasteiger partial charge in [0.2, 0.25) is 0 Å². The molecule has 21 heavy (non-hydrogen) atoms. The second-order valence-electron chi connectivity index (χ2n) is 4.57. The molecule has 0 spiro atoms. The fourth-order valence-electron chi connectivity index (χ4n) is 1.83. The number of rotatable bonds is 3. The summed E-state index contributed by atoms with van der Waals surface area (Å²) in [6.07, 6.45) is 3.22. The van der Waals surface area contributed by atoms with E-state index in [0.29, 0.717) is 11.6 Å². The number of carbonyl (C=O) groups excluding carboxylic acids is 1. The molecule has 0 aliphatic carbocycles. The second kappa shape index (κ2) is 5.58. The standard InChI is InChI=1S/C16H13N3O2/c1-11-7-8-14(17-9-11)19-15(20)16-18-10-13(21-16)12-5-3-2-4-6-12/h2-10H,1H3,(H,17,19,20). The predicted molar refractivity (Wildman–Crippen MR) is 78.9 cm³/mol. The summed E-state index contributed by atoms with van der Waals surface area (Å²) in [6.45, 7) is 1.93. The molecule has 3 rings (SSSR count). The summed E-state index contributed by atoms with van der Waals surface area (Å²) in [4.78, 5) is 20.1. The van der Waals surface area contributed by atoms with Crippen LogP contribution in [0, 0.1) is 6.92 Å². The summed E-state index contributed by atoms with van der Waals surface area (Å²) in [5, 5.41) is 2.64. The third-order valence-corrected chi connectivity index (χ3v) is 2.91. The van der Waals surface area contributed by atoms with Gasteiger partial charge in [0.05, 0.1) is 6.20 Å². The van der Waals surface area contributed by atoms with Gasteiger partial charge in [-0.05, 0) is 18.6 Å². The first-order chi connectivity index (χ1) is 10.2. The van der Waals surface area contributed by atoms with Gasteiger partial charge in [-0.1, -0.05) is 36.4 Å². The smallest absolute Gasteiger partial charge is 0.312 e. The van der Waals surface area contributed by atoms with Crippen LogP contribution in [0.5, 0.6) is 0 Å². The maximum atomic E-state index is 12.0. The van der Waals surface area contributed by atoms with Gasteiger partial charge < -0.3 is 9.73 Å². The predicted octanol–water partition coefficient (Wildman–Crippen LogP) is 3.30. The Labute approximate surface area is 121 Å². The van der Waals surface area contributed by atoms with Crippen LogP contribution in [-0.2, 0) is 0 Å². The highest BCUT2D eigenvalue weighted by atomic mass is 16.4. The summed E-state index contributed by atoms with van der Waals surface area (Å²) >= 11 is 0. The molecule has 5 nitrogen and oxygen atoms in total. The number of benzene rings is 1. The van der Waals surface area contributed by atoms with E-state index in [9.17, 15) is 4.79 Å². The summed E-state index contributed by atoms with van der Waals surface area (Å²) < 4.78 is 5.48. The van der Waals surface area contributed by atoms with Crippen LogP contribution >= 0.6 is 0 Å². The lowest BCUT2D eigenvalue weighted by molar-refractivity contribution is 0.0990. The number of nitrogens with zero attached hydrogens (tertiary/aromatic N) is 2. The lowest BCUT2D eigenvalue weighted by Crippen LogP contribution is -2.13. The van der Waals surface area contributed by atoms with E-state index in [0.717, 1.165) is 11.1 Å². The molecule has 104 valence electrons. The molecule has 0 aliphatic heterocycles. The Balaban J connectivity index is 1.77. The summed E-state index contributed by atoms with van der Waals surface area (Å²) in [7, 11) is 0. The van der Waals surface area contributed by atoms with Crippen molar-refractivity contribution < 1.29 is 9.21 Å². The number of oxazole rings is 1. The summed E-state index contributed by atoms with van der Waals surface area (Å²) in [5.74, 6) is 0.604. The van der Waals surface area contributed by atoms with Crippen molar-refractivity contribution in [2.45, 2.75) is 6.92 Å². The second-order valence-corrected chi connectivity index (χ2v) is 4.57. The monoisotopic (exact) mass is 279 g/mol. The number of carbonyl (C=O) groups is 1. The van der Waals surface area contributed by atoms with Crippen molar-refractivity contribution in [3.63, 3.8) is 0 Å². The minimum absolute atomic E-state index is 0.0104. The molecule has 0 aliphatic rings. The number of anilines is 1. The first-order valence-corrected chi connectivity index (χ1v) is 6.47. The maximum Gasteiger partial charge on any atom is 0.312 e. The molecular weight excluding hydrogens is 266 g/mol. The molecule has 2 aromatic heterocycles. The van der Waals surface area contributed by atoms with E-state index in [1.807, 2.05) is 43.3 Å². The minimum atomic E-state index is -0.423. The zero-order chi connectivity index (χ0) is 14.7. The first kappa shape index (κ1) is 13.1. The van der Waals surface area contributed by atoms with Crippen molar-refractivity contribution in [2.75, 3.05) is 5.32 Å². The van der Waals surface area contributed by atoms with Crippen LogP contribution < -0.4 is 5.32 Å². The average Bonchev–Trinajstić information content (AvgIpc) is 3.00. The van der Waals surface area contributed by atoms with Crippen molar-refractivity contribution in [3.05, 3.63) is 66.3 Å². The van der Waals surface area contributed by atoms with Gasteiger partial charge in [0.1, 0.15) is 5.82 Å². The lowest BCUT2D eigenvalue weighted by Gasteiger charge is -2.01. The number of amides is 1. The van der Waals surface area contributed by atoms with E-state index in [4.69, 9.17) is 4.42 Å². The van der Waals surface area contributed by atoms with Crippen molar-refractivity contribution in [3.8, 4) is 11.3 Å². The molecule has 0 atom stereocenters. The fourth-order valence-corrected chi connectivity index (χ4v) is 1.83. The van der Waals surface area contributed by atoms with Crippen molar-refractivity contribution in [1.29, 1.82) is 0 Å². The molecule has 0 radical (unpaired) electrons. The lowest BCUT2D eigenvalue weighted by atomic mass is 10.2. The molecular formula is C16H13N3O2. The number of aryl methyl sites for hydroxylation is 1. The summed E-state index contributed by atoms with van der Waals surface area (Å²) in [6, 6.07) is 13.1. The maximum absolute atomic E-state index is 12.0. The Hall–Kier alpha value is -2.95. The van der Waals surface area contributed by atoms with E-state index in [-0.39, 0.29) is 5.89 Å². The van der Waals surface area contributed by atoms with Gasteiger partial charge in [0.25, 0.3) is 5.89 Å². The Morgan fingerprint density at radius 2 is 1.86 bits per heavy atom. The van der Waals surface area contributed by atoms with Gasteiger partial charge in [0, 0.05) is 11.8 Å². The number of pyridine rings is 1. The number of hydrogen-bond donors (Lipinski definition) is 1.